The average molecular weight is 676 g/mol. The molecule has 0 amide bonds. The first-order chi connectivity index (χ1) is 24.3. The summed E-state index contributed by atoms with van der Waals surface area (Å²) in [5.41, 5.74) is 5.35. The maximum Gasteiger partial charge on any atom is 0.303 e. The Morgan fingerprint density at radius 2 is 1.52 bits per heavy atom. The molecule has 6 rings (SSSR count). The van der Waals surface area contributed by atoms with Crippen LogP contribution in [0.2, 0.25) is 0 Å². The number of carboxylic acids is 1. The van der Waals surface area contributed by atoms with E-state index < -0.39 is 5.97 Å². The number of piperazine rings is 1. The summed E-state index contributed by atoms with van der Waals surface area (Å²) < 4.78 is 20.1. The maximum atomic E-state index is 13.9. The number of aryl methyl sites for hydroxylation is 2. The number of methoxy groups -OCH3 is 2. The van der Waals surface area contributed by atoms with Crippen LogP contribution in [0.1, 0.15) is 52.4 Å². The van der Waals surface area contributed by atoms with Crippen molar-refractivity contribution in [3.8, 4) is 17.2 Å². The van der Waals surface area contributed by atoms with Crippen LogP contribution in [0.4, 0.5) is 5.69 Å². The van der Waals surface area contributed by atoms with Crippen molar-refractivity contribution < 1.29 is 28.9 Å². The van der Waals surface area contributed by atoms with Gasteiger partial charge in [0, 0.05) is 80.3 Å². The van der Waals surface area contributed by atoms with Crippen molar-refractivity contribution in [1.29, 1.82) is 0 Å². The molecule has 0 radical (unpaired) electrons. The number of aliphatic carboxylic acids is 1. The van der Waals surface area contributed by atoms with Gasteiger partial charge in [-0.15, -0.1) is 0 Å². The van der Waals surface area contributed by atoms with E-state index >= 15 is 0 Å². The Morgan fingerprint density at radius 1 is 0.800 bits per heavy atom. The zero-order valence-electron chi connectivity index (χ0n) is 29.0. The SMILES string of the molecule is COc1cc(C(=O)c2cn(CCCC(=O)O)c3ccccc23)ccc1OC(CCN1CCN(c2ccccc2OC)CC1)c1ccc(C)cc1. The second-order valence-corrected chi connectivity index (χ2v) is 12.8. The van der Waals surface area contributed by atoms with Crippen LogP contribution in [0.3, 0.4) is 0 Å². The molecule has 1 fully saturated rings. The first-order valence-electron chi connectivity index (χ1n) is 17.2. The van der Waals surface area contributed by atoms with Crippen LogP contribution >= 0.6 is 0 Å². The van der Waals surface area contributed by atoms with Gasteiger partial charge in [-0.25, -0.2) is 0 Å². The highest BCUT2D eigenvalue weighted by Gasteiger charge is 2.24. The van der Waals surface area contributed by atoms with Gasteiger partial charge >= 0.3 is 5.97 Å². The number of carbonyl (C=O) groups excluding carboxylic acids is 1. The first kappa shape index (κ1) is 34.6. The highest BCUT2D eigenvalue weighted by molar-refractivity contribution is 6.16. The highest BCUT2D eigenvalue weighted by Crippen LogP contribution is 2.35. The van der Waals surface area contributed by atoms with Crippen molar-refractivity contribution in [2.75, 3.05) is 51.8 Å². The topological polar surface area (TPSA) is 93.5 Å². The molecule has 1 N–H and O–H groups in total. The molecule has 1 aromatic heterocycles. The molecule has 1 saturated heterocycles. The minimum absolute atomic E-state index is 0.0680. The van der Waals surface area contributed by atoms with E-state index in [1.165, 1.54) is 5.56 Å². The third kappa shape index (κ3) is 7.95. The number of para-hydroxylation sites is 3. The molecule has 5 aromatic rings. The lowest BCUT2D eigenvalue weighted by atomic mass is 10.0. The summed E-state index contributed by atoms with van der Waals surface area (Å²) in [7, 11) is 3.31. The van der Waals surface area contributed by atoms with Crippen molar-refractivity contribution in [1.82, 2.24) is 9.47 Å². The van der Waals surface area contributed by atoms with Crippen molar-refractivity contribution in [3.05, 3.63) is 119 Å². The van der Waals surface area contributed by atoms with Crippen molar-refractivity contribution in [3.63, 3.8) is 0 Å². The molecule has 0 spiro atoms. The first-order valence-corrected chi connectivity index (χ1v) is 17.2. The lowest BCUT2D eigenvalue weighted by Crippen LogP contribution is -2.47. The molecule has 2 heterocycles. The number of anilines is 1. The molecule has 0 aliphatic carbocycles. The summed E-state index contributed by atoms with van der Waals surface area (Å²) in [5, 5.41) is 9.93. The van der Waals surface area contributed by atoms with Gasteiger partial charge in [-0.2, -0.15) is 0 Å². The molecule has 260 valence electrons. The van der Waals surface area contributed by atoms with Crippen LogP contribution in [-0.2, 0) is 11.3 Å². The average Bonchev–Trinajstić information content (AvgIpc) is 3.52. The summed E-state index contributed by atoms with van der Waals surface area (Å²) in [6.45, 7) is 7.17. The molecule has 1 aliphatic rings. The number of carbonyl (C=O) groups is 2. The number of hydrogen-bond donors (Lipinski definition) is 1. The van der Waals surface area contributed by atoms with E-state index in [0.717, 1.165) is 67.0 Å². The molecule has 4 aromatic carbocycles. The van der Waals surface area contributed by atoms with E-state index in [9.17, 15) is 9.59 Å². The van der Waals surface area contributed by atoms with Gasteiger partial charge in [-0.3, -0.25) is 14.5 Å². The van der Waals surface area contributed by atoms with Crippen molar-refractivity contribution >= 4 is 28.3 Å². The number of nitrogens with zero attached hydrogens (tertiary/aromatic N) is 3. The van der Waals surface area contributed by atoms with Crippen LogP contribution in [0, 0.1) is 6.92 Å². The Hall–Kier alpha value is -5.28. The third-order valence-corrected chi connectivity index (χ3v) is 9.47. The number of carboxylic acid groups (broad SMARTS) is 1. The predicted molar refractivity (Wildman–Crippen MR) is 196 cm³/mol. The molecule has 1 unspecified atom stereocenters. The predicted octanol–water partition coefficient (Wildman–Crippen LogP) is 7.40. The third-order valence-electron chi connectivity index (χ3n) is 9.47. The van der Waals surface area contributed by atoms with Crippen LogP contribution in [0.25, 0.3) is 10.9 Å². The van der Waals surface area contributed by atoms with E-state index in [-0.39, 0.29) is 18.3 Å². The van der Waals surface area contributed by atoms with Gasteiger partial charge in [0.2, 0.25) is 0 Å². The van der Waals surface area contributed by atoms with Crippen molar-refractivity contribution in [2.24, 2.45) is 0 Å². The minimum atomic E-state index is -0.833. The minimum Gasteiger partial charge on any atom is -0.495 e. The van der Waals surface area contributed by atoms with E-state index in [1.54, 1.807) is 26.4 Å². The van der Waals surface area contributed by atoms with Gasteiger partial charge in [0.15, 0.2) is 17.3 Å². The number of ketones is 1. The van der Waals surface area contributed by atoms with Crippen LogP contribution in [-0.4, -0.2) is 73.3 Å². The van der Waals surface area contributed by atoms with E-state index in [4.69, 9.17) is 19.3 Å². The molecule has 0 bridgehead atoms. The van der Waals surface area contributed by atoms with Gasteiger partial charge in [0.05, 0.1) is 19.9 Å². The highest BCUT2D eigenvalue weighted by atomic mass is 16.5. The zero-order chi connectivity index (χ0) is 35.0. The number of aromatic nitrogens is 1. The van der Waals surface area contributed by atoms with E-state index in [0.29, 0.717) is 35.6 Å². The molecular weight excluding hydrogens is 630 g/mol. The molecule has 9 heteroatoms. The van der Waals surface area contributed by atoms with Gasteiger partial charge < -0.3 is 28.8 Å². The Balaban J connectivity index is 1.17. The maximum absolute atomic E-state index is 13.9. The van der Waals surface area contributed by atoms with Gasteiger partial charge in [0.25, 0.3) is 0 Å². The fourth-order valence-corrected chi connectivity index (χ4v) is 6.71. The van der Waals surface area contributed by atoms with Gasteiger partial charge in [-0.1, -0.05) is 60.2 Å². The summed E-state index contributed by atoms with van der Waals surface area (Å²) in [5.74, 6) is 0.996. The Labute approximate surface area is 293 Å². The summed E-state index contributed by atoms with van der Waals surface area (Å²) in [6, 6.07) is 29.7. The summed E-state index contributed by atoms with van der Waals surface area (Å²) >= 11 is 0. The lowest BCUT2D eigenvalue weighted by Gasteiger charge is -2.37. The van der Waals surface area contributed by atoms with Crippen LogP contribution in [0.15, 0.2) is 97.2 Å². The summed E-state index contributed by atoms with van der Waals surface area (Å²) in [6.07, 6.45) is 2.93. The molecule has 1 atom stereocenters. The van der Waals surface area contributed by atoms with E-state index in [2.05, 4.69) is 53.1 Å². The van der Waals surface area contributed by atoms with Gasteiger partial charge in [0.1, 0.15) is 11.9 Å². The van der Waals surface area contributed by atoms with Crippen LogP contribution in [0.5, 0.6) is 17.2 Å². The van der Waals surface area contributed by atoms with E-state index in [1.807, 2.05) is 53.2 Å². The number of rotatable bonds is 15. The number of ether oxygens (including phenoxy) is 3. The number of benzene rings is 4. The van der Waals surface area contributed by atoms with Crippen molar-refractivity contribution in [2.45, 2.75) is 38.8 Å². The number of fused-ring (bicyclic) bond motifs is 1. The summed E-state index contributed by atoms with van der Waals surface area (Å²) in [4.78, 5) is 29.9. The molecule has 9 nitrogen and oxygen atoms in total. The largest absolute Gasteiger partial charge is 0.495 e. The molecule has 50 heavy (non-hydrogen) atoms. The molecule has 0 saturated carbocycles. The monoisotopic (exact) mass is 675 g/mol. The quantitative estimate of drug-likeness (QED) is 0.115. The van der Waals surface area contributed by atoms with Gasteiger partial charge in [-0.05, 0) is 55.3 Å². The zero-order valence-corrected chi connectivity index (χ0v) is 29.0. The normalized spacial score (nSPS) is 14.0. The Morgan fingerprint density at radius 3 is 2.26 bits per heavy atom. The molecular formula is C41H45N3O6. The fraction of sp³-hybridized carbons (Fsp3) is 0.317. The smallest absolute Gasteiger partial charge is 0.303 e. The van der Waals surface area contributed by atoms with Crippen LogP contribution < -0.4 is 19.1 Å². The Bertz CT molecular complexity index is 1930. The Kier molecular flexibility index (Phi) is 11.0. The fourth-order valence-electron chi connectivity index (χ4n) is 6.71. The number of hydrogen-bond acceptors (Lipinski definition) is 7. The molecule has 1 aliphatic heterocycles. The standard InChI is InChI=1S/C41H45N3O6/c1-29-14-16-30(17-15-29)36(20-22-42-23-25-43(26-24-42)35-11-6-7-12-37(35)48-2)50-38-19-18-31(27-39(38)49-3)41(47)33-28-44(21-8-13-40(45)46)34-10-5-4-9-32(33)34/h4-7,9-12,14-19,27-28,36H,8,13,20-26H2,1-3H3,(H,45,46). The lowest BCUT2D eigenvalue weighted by molar-refractivity contribution is -0.137. The second kappa shape index (κ2) is 16.0. The second-order valence-electron chi connectivity index (χ2n) is 12.8.